The highest BCUT2D eigenvalue weighted by molar-refractivity contribution is 7.89. The summed E-state index contributed by atoms with van der Waals surface area (Å²) in [6, 6.07) is 17.3. The molecule has 2 aromatic carbocycles. The topological polar surface area (TPSA) is 102 Å². The van der Waals surface area contributed by atoms with Crippen LogP contribution in [0.15, 0.2) is 65.6 Å². The smallest absolute Gasteiger partial charge is 0.321 e. The largest absolute Gasteiger partial charge is 0.455 e. The zero-order valence-corrected chi connectivity index (χ0v) is 14.9. The Balaban J connectivity index is 1.66. The first-order chi connectivity index (χ1) is 12.5. The van der Waals surface area contributed by atoms with Gasteiger partial charge >= 0.3 is 5.97 Å². The summed E-state index contributed by atoms with van der Waals surface area (Å²) in [5.41, 5.74) is 1.08. The van der Waals surface area contributed by atoms with Crippen LogP contribution in [0, 0.1) is 0 Å². The summed E-state index contributed by atoms with van der Waals surface area (Å²) in [6.07, 6.45) is 0.664. The highest BCUT2D eigenvalue weighted by Gasteiger charge is 2.16. The molecule has 0 aliphatic heterocycles. The first-order valence-corrected chi connectivity index (χ1v) is 9.46. The number of hydrogen-bond acceptors (Lipinski definition) is 5. The van der Waals surface area contributed by atoms with Crippen LogP contribution in [0.25, 0.3) is 0 Å². The second kappa shape index (κ2) is 9.69. The van der Waals surface area contributed by atoms with E-state index >= 15 is 0 Å². The fourth-order valence-electron chi connectivity index (χ4n) is 2.08. The highest BCUT2D eigenvalue weighted by Crippen LogP contribution is 2.06. The lowest BCUT2D eigenvalue weighted by Gasteiger charge is -2.08. The molecule has 0 saturated carbocycles. The Hall–Kier alpha value is -2.71. The van der Waals surface area contributed by atoms with Crippen molar-refractivity contribution in [1.29, 1.82) is 0 Å². The molecule has 8 heteroatoms. The zero-order valence-electron chi connectivity index (χ0n) is 14.1. The molecule has 0 unspecified atom stereocenters. The summed E-state index contributed by atoms with van der Waals surface area (Å²) in [5.74, 6) is -1.28. The van der Waals surface area contributed by atoms with Crippen molar-refractivity contribution in [2.75, 3.05) is 19.7 Å². The number of ether oxygens (including phenoxy) is 1. The van der Waals surface area contributed by atoms with Gasteiger partial charge in [0.15, 0.2) is 6.61 Å². The molecule has 26 heavy (non-hydrogen) atoms. The molecule has 0 aromatic heterocycles. The van der Waals surface area contributed by atoms with E-state index in [4.69, 9.17) is 4.74 Å². The molecule has 1 amide bonds. The van der Waals surface area contributed by atoms with Gasteiger partial charge in [-0.3, -0.25) is 9.59 Å². The Kier molecular flexibility index (Phi) is 7.31. The van der Waals surface area contributed by atoms with Crippen LogP contribution < -0.4 is 10.0 Å². The lowest BCUT2D eigenvalue weighted by atomic mass is 10.1. The van der Waals surface area contributed by atoms with Crippen molar-refractivity contribution in [2.45, 2.75) is 11.3 Å². The Labute approximate surface area is 152 Å². The number of esters is 1. The summed E-state index contributed by atoms with van der Waals surface area (Å²) >= 11 is 0. The van der Waals surface area contributed by atoms with Gasteiger partial charge in [-0.15, -0.1) is 0 Å². The van der Waals surface area contributed by atoms with Crippen molar-refractivity contribution in [3.05, 3.63) is 66.2 Å². The first kappa shape index (κ1) is 19.6. The first-order valence-electron chi connectivity index (χ1n) is 7.98. The monoisotopic (exact) mass is 376 g/mol. The maximum absolute atomic E-state index is 12.0. The van der Waals surface area contributed by atoms with E-state index < -0.39 is 35.1 Å². The van der Waals surface area contributed by atoms with Crippen molar-refractivity contribution in [2.24, 2.45) is 0 Å². The van der Waals surface area contributed by atoms with E-state index in [1.165, 1.54) is 12.1 Å². The third-order valence-electron chi connectivity index (χ3n) is 3.40. The van der Waals surface area contributed by atoms with E-state index in [2.05, 4.69) is 10.0 Å². The molecule has 2 N–H and O–H groups in total. The fraction of sp³-hybridized carbons (Fsp3) is 0.222. The maximum Gasteiger partial charge on any atom is 0.321 e. The van der Waals surface area contributed by atoms with Gasteiger partial charge in [-0.25, -0.2) is 8.42 Å². The molecule has 2 aromatic rings. The molecule has 0 fully saturated rings. The third-order valence-corrected chi connectivity index (χ3v) is 4.82. The molecule has 0 spiro atoms. The molecular formula is C18H20N2O5S. The minimum absolute atomic E-state index is 0.0476. The molecule has 0 atom stereocenters. The fourth-order valence-corrected chi connectivity index (χ4v) is 3.07. The minimum atomic E-state index is -3.79. The van der Waals surface area contributed by atoms with E-state index in [0.717, 1.165) is 5.56 Å². The van der Waals surface area contributed by atoms with E-state index in [-0.39, 0.29) is 4.90 Å². The van der Waals surface area contributed by atoms with Gasteiger partial charge in [0.2, 0.25) is 10.0 Å². The number of sulfonamides is 1. The maximum atomic E-state index is 12.0. The quantitative estimate of drug-likeness (QED) is 0.632. The Morgan fingerprint density at radius 2 is 1.54 bits per heavy atom. The van der Waals surface area contributed by atoms with Crippen molar-refractivity contribution < 1.29 is 22.7 Å². The van der Waals surface area contributed by atoms with Crippen LogP contribution in [-0.2, 0) is 30.8 Å². The number of benzene rings is 2. The summed E-state index contributed by atoms with van der Waals surface area (Å²) in [7, 11) is -3.79. The number of carbonyl (C=O) groups is 2. The molecule has 7 nitrogen and oxygen atoms in total. The van der Waals surface area contributed by atoms with Crippen LogP contribution in [0.1, 0.15) is 5.56 Å². The van der Waals surface area contributed by atoms with Gasteiger partial charge in [-0.2, -0.15) is 4.72 Å². The lowest BCUT2D eigenvalue weighted by molar-refractivity contribution is -0.147. The molecule has 0 aliphatic carbocycles. The van der Waals surface area contributed by atoms with Gasteiger partial charge in [0.1, 0.15) is 6.54 Å². The van der Waals surface area contributed by atoms with Gasteiger partial charge in [-0.05, 0) is 24.1 Å². The van der Waals surface area contributed by atoms with Gasteiger partial charge in [0.05, 0.1) is 4.90 Å². The zero-order chi connectivity index (χ0) is 18.8. The molecule has 0 bridgehead atoms. The van der Waals surface area contributed by atoms with Crippen LogP contribution in [0.2, 0.25) is 0 Å². The molecule has 0 radical (unpaired) electrons. The predicted molar refractivity (Wildman–Crippen MR) is 95.7 cm³/mol. The lowest BCUT2D eigenvalue weighted by Crippen LogP contribution is -2.34. The molecule has 0 saturated heterocycles. The van der Waals surface area contributed by atoms with Crippen molar-refractivity contribution in [3.63, 3.8) is 0 Å². The average Bonchev–Trinajstić information content (AvgIpc) is 2.66. The normalized spacial score (nSPS) is 10.9. The molecular weight excluding hydrogens is 356 g/mol. The van der Waals surface area contributed by atoms with E-state index in [0.29, 0.717) is 13.0 Å². The minimum Gasteiger partial charge on any atom is -0.455 e. The number of amides is 1. The second-order valence-corrected chi connectivity index (χ2v) is 7.15. The van der Waals surface area contributed by atoms with Gasteiger partial charge in [0.25, 0.3) is 5.91 Å². The summed E-state index contributed by atoms with van der Waals surface area (Å²) < 4.78 is 30.8. The number of carbonyl (C=O) groups excluding carboxylic acids is 2. The number of hydrogen-bond donors (Lipinski definition) is 2. The van der Waals surface area contributed by atoms with Crippen LogP contribution in [-0.4, -0.2) is 40.0 Å². The standard InChI is InChI=1S/C18H20N2O5S/c21-17(19-12-11-15-7-3-1-4-8-15)14-25-18(22)13-20-26(23,24)16-9-5-2-6-10-16/h1-10,20H,11-14H2,(H,19,21). The average molecular weight is 376 g/mol. The SMILES string of the molecule is O=C(COC(=O)CNS(=O)(=O)c1ccccc1)NCCc1ccccc1. The predicted octanol–water partition coefficient (Wildman–Crippen LogP) is 0.867. The van der Waals surface area contributed by atoms with E-state index in [1.54, 1.807) is 18.2 Å². The van der Waals surface area contributed by atoms with Crippen molar-refractivity contribution >= 4 is 21.9 Å². The van der Waals surface area contributed by atoms with Crippen molar-refractivity contribution in [3.8, 4) is 0 Å². The summed E-state index contributed by atoms with van der Waals surface area (Å²) in [5, 5.41) is 2.63. The van der Waals surface area contributed by atoms with E-state index in [9.17, 15) is 18.0 Å². The summed E-state index contributed by atoms with van der Waals surface area (Å²) in [6.45, 7) is -0.587. The van der Waals surface area contributed by atoms with Crippen LogP contribution in [0.3, 0.4) is 0 Å². The van der Waals surface area contributed by atoms with Crippen LogP contribution >= 0.6 is 0 Å². The van der Waals surface area contributed by atoms with Crippen LogP contribution in [0.5, 0.6) is 0 Å². The van der Waals surface area contributed by atoms with Gasteiger partial charge < -0.3 is 10.1 Å². The van der Waals surface area contributed by atoms with Gasteiger partial charge in [-0.1, -0.05) is 48.5 Å². The molecule has 0 heterocycles. The van der Waals surface area contributed by atoms with Crippen molar-refractivity contribution in [1.82, 2.24) is 10.0 Å². The molecule has 138 valence electrons. The van der Waals surface area contributed by atoms with Crippen LogP contribution in [0.4, 0.5) is 0 Å². The highest BCUT2D eigenvalue weighted by atomic mass is 32.2. The molecule has 0 aliphatic rings. The van der Waals surface area contributed by atoms with E-state index in [1.807, 2.05) is 30.3 Å². The number of nitrogens with one attached hydrogen (secondary N) is 2. The molecule has 2 rings (SSSR count). The Morgan fingerprint density at radius 3 is 2.19 bits per heavy atom. The van der Waals surface area contributed by atoms with Gasteiger partial charge in [0, 0.05) is 6.54 Å². The third kappa shape index (κ3) is 6.66. The second-order valence-electron chi connectivity index (χ2n) is 5.38. The summed E-state index contributed by atoms with van der Waals surface area (Å²) in [4.78, 5) is 23.3. The Bertz CT molecular complexity index is 823. The number of rotatable bonds is 9. The Morgan fingerprint density at radius 1 is 0.923 bits per heavy atom.